The number of nitrogens with zero attached hydrogens (tertiary/aromatic N) is 2. The summed E-state index contributed by atoms with van der Waals surface area (Å²) in [6.45, 7) is 0.358. The Balaban J connectivity index is 1.74. The molecule has 1 atom stereocenters. The predicted molar refractivity (Wildman–Crippen MR) is 92.2 cm³/mol. The molecule has 0 saturated heterocycles. The van der Waals surface area contributed by atoms with E-state index in [2.05, 4.69) is 10.4 Å². The first-order valence-electron chi connectivity index (χ1n) is 7.78. The quantitative estimate of drug-likeness (QED) is 0.866. The van der Waals surface area contributed by atoms with E-state index in [9.17, 15) is 14.0 Å². The van der Waals surface area contributed by atoms with Crippen LogP contribution in [0.15, 0.2) is 59.7 Å². The fourth-order valence-electron chi connectivity index (χ4n) is 2.58. The van der Waals surface area contributed by atoms with Crippen LogP contribution in [-0.4, -0.2) is 23.6 Å². The number of carbonyl (C=O) groups excluding carboxylic acids is 2. The zero-order chi connectivity index (χ0) is 17.8. The average molecular weight is 340 g/mol. The maximum atomic E-state index is 13.1. The van der Waals surface area contributed by atoms with Gasteiger partial charge < -0.3 is 11.1 Å². The number of nitrogens with one attached hydrogen (secondary N) is 1. The number of primary amides is 1. The first kappa shape index (κ1) is 16.6. The normalized spacial score (nSPS) is 16.4. The molecule has 25 heavy (non-hydrogen) atoms. The summed E-state index contributed by atoms with van der Waals surface area (Å²) in [5.41, 5.74) is 7.09. The lowest BCUT2D eigenvalue weighted by Crippen LogP contribution is -2.39. The number of halogens is 1. The fraction of sp³-hybridized carbons (Fsp3) is 0.167. The SMILES string of the molecule is NC(=O)C1CC(C(=O)NCc2ccccc2)=NN1c1ccc(F)cc1. The molecule has 1 aliphatic heterocycles. The number of benzene rings is 2. The molecule has 3 N–H and O–H groups in total. The van der Waals surface area contributed by atoms with Crippen molar-refractivity contribution in [2.24, 2.45) is 10.8 Å². The summed E-state index contributed by atoms with van der Waals surface area (Å²) in [6.07, 6.45) is 0.104. The smallest absolute Gasteiger partial charge is 0.267 e. The zero-order valence-corrected chi connectivity index (χ0v) is 13.4. The standard InChI is InChI=1S/C18H17FN4O2/c19-13-6-8-14(9-7-13)23-16(17(20)24)10-15(22-23)18(25)21-11-12-4-2-1-3-5-12/h1-9,16H,10-11H2,(H2,20,24)(H,21,25). The van der Waals surface area contributed by atoms with Crippen LogP contribution in [0.1, 0.15) is 12.0 Å². The molecule has 0 aromatic heterocycles. The Kier molecular flexibility index (Phi) is 4.74. The molecule has 7 heteroatoms. The molecular formula is C18H17FN4O2. The Morgan fingerprint density at radius 2 is 1.84 bits per heavy atom. The minimum Gasteiger partial charge on any atom is -0.368 e. The topological polar surface area (TPSA) is 87.8 Å². The molecule has 3 rings (SSSR count). The first-order chi connectivity index (χ1) is 12.0. The maximum absolute atomic E-state index is 13.1. The van der Waals surface area contributed by atoms with Gasteiger partial charge in [0.25, 0.3) is 5.91 Å². The van der Waals surface area contributed by atoms with Gasteiger partial charge in [0.05, 0.1) is 5.69 Å². The molecule has 6 nitrogen and oxygen atoms in total. The van der Waals surface area contributed by atoms with Gasteiger partial charge in [-0.05, 0) is 29.8 Å². The number of nitrogens with two attached hydrogens (primary N) is 1. The van der Waals surface area contributed by atoms with E-state index in [1.807, 2.05) is 30.3 Å². The van der Waals surface area contributed by atoms with E-state index in [1.54, 1.807) is 0 Å². The molecule has 0 fully saturated rings. The molecule has 0 bridgehead atoms. The van der Waals surface area contributed by atoms with Gasteiger partial charge in [0.1, 0.15) is 17.6 Å². The van der Waals surface area contributed by atoms with Crippen molar-refractivity contribution in [3.8, 4) is 0 Å². The lowest BCUT2D eigenvalue weighted by Gasteiger charge is -2.20. The molecule has 1 aliphatic rings. The lowest BCUT2D eigenvalue weighted by molar-refractivity contribution is -0.119. The number of hydrazone groups is 1. The number of anilines is 1. The van der Waals surface area contributed by atoms with Crippen LogP contribution < -0.4 is 16.1 Å². The Morgan fingerprint density at radius 1 is 1.16 bits per heavy atom. The van der Waals surface area contributed by atoms with E-state index in [-0.39, 0.29) is 18.0 Å². The molecule has 2 amide bonds. The minimum absolute atomic E-state index is 0.104. The van der Waals surface area contributed by atoms with Crippen LogP contribution in [0.25, 0.3) is 0 Å². The Bertz CT molecular complexity index is 806. The molecule has 0 saturated carbocycles. The summed E-state index contributed by atoms with van der Waals surface area (Å²) in [7, 11) is 0. The second kappa shape index (κ2) is 7.12. The van der Waals surface area contributed by atoms with Gasteiger partial charge in [0.15, 0.2) is 0 Å². The molecule has 0 radical (unpaired) electrons. The monoisotopic (exact) mass is 340 g/mol. The van der Waals surface area contributed by atoms with Crippen molar-refractivity contribution in [1.82, 2.24) is 5.32 Å². The molecule has 2 aromatic rings. The number of carbonyl (C=O) groups is 2. The van der Waals surface area contributed by atoms with Crippen LogP contribution in [-0.2, 0) is 16.1 Å². The third-order valence-corrected chi connectivity index (χ3v) is 3.89. The molecule has 0 spiro atoms. The molecule has 2 aromatic carbocycles. The maximum Gasteiger partial charge on any atom is 0.267 e. The van der Waals surface area contributed by atoms with E-state index in [0.717, 1.165) is 5.56 Å². The van der Waals surface area contributed by atoms with Crippen LogP contribution in [0.3, 0.4) is 0 Å². The average Bonchev–Trinajstić information content (AvgIpc) is 3.07. The van der Waals surface area contributed by atoms with Crippen molar-refractivity contribution < 1.29 is 14.0 Å². The van der Waals surface area contributed by atoms with Crippen molar-refractivity contribution in [1.29, 1.82) is 0 Å². The Labute approximate surface area is 144 Å². The summed E-state index contributed by atoms with van der Waals surface area (Å²) in [6, 6.07) is 14.2. The third-order valence-electron chi connectivity index (χ3n) is 3.89. The van der Waals surface area contributed by atoms with Gasteiger partial charge in [-0.2, -0.15) is 5.10 Å². The van der Waals surface area contributed by atoms with Gasteiger partial charge in [0, 0.05) is 13.0 Å². The summed E-state index contributed by atoms with van der Waals surface area (Å²) in [5, 5.41) is 8.35. The lowest BCUT2D eigenvalue weighted by atomic mass is 10.1. The fourth-order valence-corrected chi connectivity index (χ4v) is 2.58. The van der Waals surface area contributed by atoms with Gasteiger partial charge in [0.2, 0.25) is 5.91 Å². The van der Waals surface area contributed by atoms with Crippen molar-refractivity contribution in [2.45, 2.75) is 19.0 Å². The number of amides is 2. The highest BCUT2D eigenvalue weighted by molar-refractivity contribution is 6.40. The Morgan fingerprint density at radius 3 is 2.48 bits per heavy atom. The van der Waals surface area contributed by atoms with Crippen LogP contribution in [0.2, 0.25) is 0 Å². The second-order valence-electron chi connectivity index (χ2n) is 5.66. The third kappa shape index (κ3) is 3.82. The van der Waals surface area contributed by atoms with E-state index in [1.165, 1.54) is 29.3 Å². The number of hydrogen-bond acceptors (Lipinski definition) is 4. The summed E-state index contributed by atoms with van der Waals surface area (Å²) < 4.78 is 13.1. The first-order valence-corrected chi connectivity index (χ1v) is 7.78. The second-order valence-corrected chi connectivity index (χ2v) is 5.66. The molecule has 1 heterocycles. The van der Waals surface area contributed by atoms with Gasteiger partial charge in [-0.1, -0.05) is 30.3 Å². The molecule has 0 aliphatic carbocycles. The van der Waals surface area contributed by atoms with Crippen LogP contribution >= 0.6 is 0 Å². The van der Waals surface area contributed by atoms with E-state index in [4.69, 9.17) is 5.73 Å². The molecule has 128 valence electrons. The van der Waals surface area contributed by atoms with Gasteiger partial charge >= 0.3 is 0 Å². The highest BCUT2D eigenvalue weighted by Crippen LogP contribution is 2.24. The number of hydrogen-bond donors (Lipinski definition) is 2. The molecule has 1 unspecified atom stereocenters. The minimum atomic E-state index is -0.775. The van der Waals surface area contributed by atoms with Crippen LogP contribution in [0.5, 0.6) is 0 Å². The largest absolute Gasteiger partial charge is 0.368 e. The van der Waals surface area contributed by atoms with Gasteiger partial charge in [-0.15, -0.1) is 0 Å². The van der Waals surface area contributed by atoms with Crippen molar-refractivity contribution in [3.05, 3.63) is 66.0 Å². The Hall–Kier alpha value is -3.22. The summed E-state index contributed by atoms with van der Waals surface area (Å²) >= 11 is 0. The highest BCUT2D eigenvalue weighted by atomic mass is 19.1. The van der Waals surface area contributed by atoms with Gasteiger partial charge in [-0.3, -0.25) is 14.6 Å². The van der Waals surface area contributed by atoms with Crippen molar-refractivity contribution >= 4 is 23.2 Å². The van der Waals surface area contributed by atoms with Gasteiger partial charge in [-0.25, -0.2) is 4.39 Å². The van der Waals surface area contributed by atoms with Crippen LogP contribution in [0.4, 0.5) is 10.1 Å². The summed E-state index contributed by atoms with van der Waals surface area (Å²) in [4.78, 5) is 24.0. The zero-order valence-electron chi connectivity index (χ0n) is 13.4. The van der Waals surface area contributed by atoms with E-state index < -0.39 is 17.8 Å². The molecular weight excluding hydrogens is 323 g/mol. The van der Waals surface area contributed by atoms with E-state index in [0.29, 0.717) is 12.2 Å². The van der Waals surface area contributed by atoms with Crippen molar-refractivity contribution in [2.75, 3.05) is 5.01 Å². The number of rotatable bonds is 5. The van der Waals surface area contributed by atoms with E-state index >= 15 is 0 Å². The summed E-state index contributed by atoms with van der Waals surface area (Å²) in [5.74, 6) is -1.36. The van der Waals surface area contributed by atoms with Crippen molar-refractivity contribution in [3.63, 3.8) is 0 Å². The van der Waals surface area contributed by atoms with Crippen LogP contribution in [0, 0.1) is 5.82 Å². The highest BCUT2D eigenvalue weighted by Gasteiger charge is 2.34. The predicted octanol–water partition coefficient (Wildman–Crippen LogP) is 1.56.